The van der Waals surface area contributed by atoms with E-state index in [0.717, 1.165) is 0 Å². The van der Waals surface area contributed by atoms with E-state index in [0.29, 0.717) is 0 Å². The SMILES string of the molecule is CN(CC(O)CN(C)C(CC(O)O)C(O)O)C(CC(=O)O)C(=O)O. The Morgan fingerprint density at radius 1 is 0.917 bits per heavy atom. The molecule has 0 bridgehead atoms. The number of aliphatic carboxylic acids is 2. The molecule has 0 radical (unpaired) electrons. The summed E-state index contributed by atoms with van der Waals surface area (Å²) in [7, 11) is 2.77. The number of hydrogen-bond donors (Lipinski definition) is 7. The van der Waals surface area contributed by atoms with Crippen LogP contribution < -0.4 is 0 Å². The summed E-state index contributed by atoms with van der Waals surface area (Å²) in [6, 6.07) is -2.37. The van der Waals surface area contributed by atoms with Gasteiger partial charge >= 0.3 is 11.9 Å². The minimum absolute atomic E-state index is 0.126. The molecule has 0 amide bonds. The fourth-order valence-electron chi connectivity index (χ4n) is 2.33. The lowest BCUT2D eigenvalue weighted by Gasteiger charge is -2.33. The maximum absolute atomic E-state index is 11.1. The van der Waals surface area contributed by atoms with Gasteiger partial charge in [0.25, 0.3) is 0 Å². The first kappa shape index (κ1) is 22.7. The van der Waals surface area contributed by atoms with Crippen molar-refractivity contribution < 1.29 is 45.3 Å². The summed E-state index contributed by atoms with van der Waals surface area (Å²) in [6.07, 6.45) is -5.78. The van der Waals surface area contributed by atoms with Crippen LogP contribution in [-0.2, 0) is 9.59 Å². The van der Waals surface area contributed by atoms with E-state index in [4.69, 9.17) is 20.4 Å². The lowest BCUT2D eigenvalue weighted by atomic mass is 10.1. The van der Waals surface area contributed by atoms with Gasteiger partial charge in [-0.15, -0.1) is 0 Å². The fourth-order valence-corrected chi connectivity index (χ4v) is 2.33. The van der Waals surface area contributed by atoms with Crippen molar-refractivity contribution in [1.29, 1.82) is 0 Å². The Bertz CT molecular complexity index is 405. The molecule has 0 fully saturated rings. The average Bonchev–Trinajstić information content (AvgIpc) is 2.40. The molecule has 3 unspecified atom stereocenters. The second-order valence-electron chi connectivity index (χ2n) is 5.68. The first-order valence-corrected chi connectivity index (χ1v) is 7.21. The summed E-state index contributed by atoms with van der Waals surface area (Å²) >= 11 is 0. The Balaban J connectivity index is 4.70. The van der Waals surface area contributed by atoms with Crippen molar-refractivity contribution >= 4 is 11.9 Å². The first-order valence-electron chi connectivity index (χ1n) is 7.21. The fraction of sp³-hybridized carbons (Fsp3) is 0.846. The molecular formula is C13H26N2O9. The predicted octanol–water partition coefficient (Wildman–Crippen LogP) is -3.48. The predicted molar refractivity (Wildman–Crippen MR) is 79.8 cm³/mol. The van der Waals surface area contributed by atoms with Gasteiger partial charge in [-0.05, 0) is 14.1 Å². The third kappa shape index (κ3) is 8.49. The second-order valence-corrected chi connectivity index (χ2v) is 5.68. The highest BCUT2D eigenvalue weighted by Gasteiger charge is 2.29. The molecule has 142 valence electrons. The van der Waals surface area contributed by atoms with Crippen molar-refractivity contribution in [2.24, 2.45) is 0 Å². The van der Waals surface area contributed by atoms with Crippen LogP contribution in [0.1, 0.15) is 12.8 Å². The van der Waals surface area contributed by atoms with Crippen molar-refractivity contribution in [3.63, 3.8) is 0 Å². The molecule has 0 rings (SSSR count). The highest BCUT2D eigenvalue weighted by atomic mass is 16.5. The molecule has 0 aromatic heterocycles. The van der Waals surface area contributed by atoms with E-state index < -0.39 is 49.1 Å². The molecule has 11 heteroatoms. The Kier molecular flexibility index (Phi) is 9.92. The van der Waals surface area contributed by atoms with Gasteiger partial charge in [-0.1, -0.05) is 0 Å². The van der Waals surface area contributed by atoms with Crippen LogP contribution in [0.3, 0.4) is 0 Å². The number of carbonyl (C=O) groups is 2. The van der Waals surface area contributed by atoms with Gasteiger partial charge in [0, 0.05) is 19.5 Å². The molecule has 3 atom stereocenters. The molecule has 0 saturated heterocycles. The van der Waals surface area contributed by atoms with Crippen LogP contribution in [0.15, 0.2) is 0 Å². The molecule has 24 heavy (non-hydrogen) atoms. The molecule has 0 aliphatic rings. The Morgan fingerprint density at radius 3 is 1.79 bits per heavy atom. The molecule has 0 aliphatic carbocycles. The number of aliphatic hydroxyl groups excluding tert-OH is 3. The molecule has 11 nitrogen and oxygen atoms in total. The average molecular weight is 354 g/mol. The highest BCUT2D eigenvalue weighted by molar-refractivity contribution is 5.80. The van der Waals surface area contributed by atoms with E-state index in [1.807, 2.05) is 0 Å². The van der Waals surface area contributed by atoms with Gasteiger partial charge < -0.3 is 35.7 Å². The monoisotopic (exact) mass is 354 g/mol. The summed E-state index contributed by atoms with van der Waals surface area (Å²) < 4.78 is 0. The summed E-state index contributed by atoms with van der Waals surface area (Å²) in [6.45, 7) is -0.302. The molecule has 0 aromatic rings. The van der Waals surface area contributed by atoms with E-state index in [1.165, 1.54) is 23.9 Å². The largest absolute Gasteiger partial charge is 0.481 e. The molecule has 0 heterocycles. The topological polar surface area (TPSA) is 182 Å². The summed E-state index contributed by atoms with van der Waals surface area (Å²) in [4.78, 5) is 24.2. The minimum atomic E-state index is -1.87. The van der Waals surface area contributed by atoms with Gasteiger partial charge in [0.15, 0.2) is 12.6 Å². The number of carboxylic acid groups (broad SMARTS) is 2. The Labute approximate surface area is 139 Å². The number of nitrogens with zero attached hydrogens (tertiary/aromatic N) is 2. The van der Waals surface area contributed by atoms with Gasteiger partial charge in [0.05, 0.1) is 18.6 Å². The number of hydrogen-bond acceptors (Lipinski definition) is 9. The summed E-state index contributed by atoms with van der Waals surface area (Å²) in [5.41, 5.74) is 0. The van der Waals surface area contributed by atoms with Crippen molar-refractivity contribution in [3.8, 4) is 0 Å². The van der Waals surface area contributed by atoms with Gasteiger partial charge in [-0.3, -0.25) is 19.4 Å². The maximum atomic E-state index is 11.1. The van der Waals surface area contributed by atoms with Crippen LogP contribution in [0, 0.1) is 0 Å². The number of rotatable bonds is 12. The molecule has 0 spiro atoms. The van der Waals surface area contributed by atoms with Crippen molar-refractivity contribution in [3.05, 3.63) is 0 Å². The van der Waals surface area contributed by atoms with Crippen LogP contribution >= 0.6 is 0 Å². The van der Waals surface area contributed by atoms with E-state index in [1.54, 1.807) is 0 Å². The zero-order valence-electron chi connectivity index (χ0n) is 13.6. The molecular weight excluding hydrogens is 328 g/mol. The second kappa shape index (κ2) is 10.5. The molecule has 0 aliphatic heterocycles. The van der Waals surface area contributed by atoms with Crippen LogP contribution in [0.5, 0.6) is 0 Å². The number of likely N-dealkylation sites (N-methyl/N-ethyl adjacent to an activating group) is 2. The van der Waals surface area contributed by atoms with Crippen LogP contribution in [0.2, 0.25) is 0 Å². The van der Waals surface area contributed by atoms with Crippen LogP contribution in [-0.4, -0.2) is 115 Å². The summed E-state index contributed by atoms with van der Waals surface area (Å²) in [5.74, 6) is -2.63. The van der Waals surface area contributed by atoms with Gasteiger partial charge in [-0.2, -0.15) is 0 Å². The Hall–Kier alpha value is -1.34. The van der Waals surface area contributed by atoms with Crippen LogP contribution in [0.4, 0.5) is 0 Å². The van der Waals surface area contributed by atoms with Crippen LogP contribution in [0.25, 0.3) is 0 Å². The smallest absolute Gasteiger partial charge is 0.321 e. The van der Waals surface area contributed by atoms with E-state index in [-0.39, 0.29) is 19.5 Å². The van der Waals surface area contributed by atoms with E-state index in [2.05, 4.69) is 0 Å². The highest BCUT2D eigenvalue weighted by Crippen LogP contribution is 2.10. The standard InChI is InChI=1S/C13H26N2O9/c1-14(8(12(21)22)3-10(17)18)5-7(16)6-15(2)9(13(23)24)4-11(19)20/h7-10,12,16-18,21-22H,3-6H2,1-2H3,(H,19,20)(H,23,24). The van der Waals surface area contributed by atoms with Crippen molar-refractivity contribution in [2.75, 3.05) is 27.2 Å². The molecule has 0 saturated carbocycles. The normalized spacial score (nSPS) is 16.0. The third-order valence-corrected chi connectivity index (χ3v) is 3.55. The number of carboxylic acids is 2. The lowest BCUT2D eigenvalue weighted by molar-refractivity contribution is -0.150. The van der Waals surface area contributed by atoms with Gasteiger partial charge in [0.2, 0.25) is 0 Å². The zero-order chi connectivity index (χ0) is 19.0. The zero-order valence-corrected chi connectivity index (χ0v) is 13.6. The molecule has 7 N–H and O–H groups in total. The summed E-state index contributed by atoms with van der Waals surface area (Å²) in [5, 5.41) is 64.1. The number of aliphatic hydroxyl groups is 5. The van der Waals surface area contributed by atoms with Gasteiger partial charge in [0.1, 0.15) is 6.04 Å². The Morgan fingerprint density at radius 2 is 1.42 bits per heavy atom. The molecule has 0 aromatic carbocycles. The van der Waals surface area contributed by atoms with Crippen molar-refractivity contribution in [1.82, 2.24) is 9.80 Å². The maximum Gasteiger partial charge on any atom is 0.321 e. The lowest BCUT2D eigenvalue weighted by Crippen LogP contribution is -2.50. The quantitative estimate of drug-likeness (QED) is 0.173. The van der Waals surface area contributed by atoms with Gasteiger partial charge in [-0.25, -0.2) is 0 Å². The first-order chi connectivity index (χ1) is 11.0. The van der Waals surface area contributed by atoms with E-state index in [9.17, 15) is 24.9 Å². The van der Waals surface area contributed by atoms with E-state index >= 15 is 0 Å². The third-order valence-electron chi connectivity index (χ3n) is 3.55. The van der Waals surface area contributed by atoms with Crippen molar-refractivity contribution in [2.45, 2.75) is 43.6 Å². The minimum Gasteiger partial charge on any atom is -0.481 e.